The zero-order chi connectivity index (χ0) is 9.23. The van der Waals surface area contributed by atoms with Gasteiger partial charge < -0.3 is 0 Å². The summed E-state index contributed by atoms with van der Waals surface area (Å²) >= 11 is 0. The molecule has 0 saturated heterocycles. The van der Waals surface area contributed by atoms with Crippen LogP contribution < -0.4 is 0 Å². The van der Waals surface area contributed by atoms with Crippen molar-refractivity contribution in [3.8, 4) is 0 Å². The van der Waals surface area contributed by atoms with Gasteiger partial charge in [0.05, 0.1) is 0 Å². The average Bonchev–Trinajstić information content (AvgIpc) is 2.06. The standard InChI is InChI=1S/C2H4N6O3P/c3-7-5-1-10-12(9)11-2-6-8-4/h1-2H2/q+1. The molecule has 0 atom stereocenters. The lowest BCUT2D eigenvalue weighted by Crippen LogP contribution is -1.84. The fraction of sp³-hybridized carbons (Fsp3) is 1.00. The monoisotopic (exact) mass is 191 g/mol. The summed E-state index contributed by atoms with van der Waals surface area (Å²) in [6.07, 6.45) is 0. The average molecular weight is 191 g/mol. The van der Waals surface area contributed by atoms with E-state index in [-0.39, 0.29) is 13.5 Å². The molecule has 0 radical (unpaired) electrons. The van der Waals surface area contributed by atoms with Gasteiger partial charge in [0.15, 0.2) is 13.5 Å². The number of nitrogens with zero attached hydrogens (tertiary/aromatic N) is 6. The molecule has 0 aromatic heterocycles. The highest BCUT2D eigenvalue weighted by atomic mass is 31.1. The Morgan fingerprint density at radius 1 is 1.17 bits per heavy atom. The maximum absolute atomic E-state index is 10.5. The van der Waals surface area contributed by atoms with Crippen LogP contribution in [0.3, 0.4) is 0 Å². The zero-order valence-electron chi connectivity index (χ0n) is 5.77. The first-order chi connectivity index (χ1) is 5.81. The van der Waals surface area contributed by atoms with Gasteiger partial charge in [-0.05, 0) is 11.1 Å². The van der Waals surface area contributed by atoms with Crippen molar-refractivity contribution < 1.29 is 13.6 Å². The van der Waals surface area contributed by atoms with Crippen LogP contribution in [0.4, 0.5) is 0 Å². The fourth-order valence-electron chi connectivity index (χ4n) is 0.235. The van der Waals surface area contributed by atoms with Gasteiger partial charge in [-0.25, -0.2) is 0 Å². The molecular weight excluding hydrogens is 187 g/mol. The van der Waals surface area contributed by atoms with Gasteiger partial charge in [-0.2, -0.15) is 0 Å². The summed E-state index contributed by atoms with van der Waals surface area (Å²) in [6.45, 7) is -0.774. The van der Waals surface area contributed by atoms with Gasteiger partial charge in [-0.3, -0.25) is 0 Å². The van der Waals surface area contributed by atoms with Crippen LogP contribution in [0, 0.1) is 0 Å². The van der Waals surface area contributed by atoms with Crippen LogP contribution in [0.1, 0.15) is 0 Å². The SMILES string of the molecule is [N-]=[N+]=NCO[P+](=O)OCN=[N+]=[N-]. The smallest absolute Gasteiger partial charge is 0.113 e. The number of rotatable bonds is 6. The first-order valence-electron chi connectivity index (χ1n) is 2.56. The predicted octanol–water partition coefficient (Wildman–Crippen LogP) is 2.21. The van der Waals surface area contributed by atoms with Gasteiger partial charge in [0.25, 0.3) is 0 Å². The highest BCUT2D eigenvalue weighted by molar-refractivity contribution is 7.33. The molecule has 0 fully saturated rings. The van der Waals surface area contributed by atoms with E-state index in [1.807, 2.05) is 0 Å². The van der Waals surface area contributed by atoms with Crippen molar-refractivity contribution in [3.63, 3.8) is 0 Å². The molecule has 0 aliphatic carbocycles. The van der Waals surface area contributed by atoms with Crippen LogP contribution in [0.15, 0.2) is 10.2 Å². The third-order valence-electron chi connectivity index (χ3n) is 0.568. The molecule has 0 N–H and O–H groups in total. The van der Waals surface area contributed by atoms with Crippen LogP contribution in [0.2, 0.25) is 0 Å². The largest absolute Gasteiger partial charge is 0.697 e. The second-order valence-corrected chi connectivity index (χ2v) is 2.17. The summed E-state index contributed by atoms with van der Waals surface area (Å²) in [7, 11) is -2.38. The minimum absolute atomic E-state index is 0.387. The lowest BCUT2D eigenvalue weighted by molar-refractivity contribution is 0.235. The van der Waals surface area contributed by atoms with Crippen LogP contribution in [0.25, 0.3) is 20.9 Å². The zero-order valence-corrected chi connectivity index (χ0v) is 6.66. The van der Waals surface area contributed by atoms with Crippen molar-refractivity contribution in [3.05, 3.63) is 20.9 Å². The Kier molecular flexibility index (Phi) is 6.87. The lowest BCUT2D eigenvalue weighted by atomic mass is 11.4. The second-order valence-electron chi connectivity index (χ2n) is 1.20. The van der Waals surface area contributed by atoms with Gasteiger partial charge >= 0.3 is 8.25 Å². The summed E-state index contributed by atoms with van der Waals surface area (Å²) < 4.78 is 19.2. The van der Waals surface area contributed by atoms with Crippen molar-refractivity contribution in [1.29, 1.82) is 0 Å². The first kappa shape index (κ1) is 10.6. The van der Waals surface area contributed by atoms with E-state index in [4.69, 9.17) is 11.1 Å². The summed E-state index contributed by atoms with van der Waals surface area (Å²) in [5.74, 6) is 0. The van der Waals surface area contributed by atoms with E-state index in [0.717, 1.165) is 0 Å². The Balaban J connectivity index is 3.45. The first-order valence-corrected chi connectivity index (χ1v) is 3.65. The third kappa shape index (κ3) is 6.76. The molecule has 0 rings (SSSR count). The van der Waals surface area contributed by atoms with E-state index in [2.05, 4.69) is 29.1 Å². The molecule has 0 spiro atoms. The van der Waals surface area contributed by atoms with Crippen LogP contribution in [0.5, 0.6) is 0 Å². The number of hydrogen-bond acceptors (Lipinski definition) is 5. The topological polar surface area (TPSA) is 133 Å². The highest BCUT2D eigenvalue weighted by Gasteiger charge is 2.18. The van der Waals surface area contributed by atoms with E-state index >= 15 is 0 Å². The number of azide groups is 2. The normalized spacial score (nSPS) is 9.50. The number of hydrogen-bond donors (Lipinski definition) is 0. The lowest BCUT2D eigenvalue weighted by Gasteiger charge is -1.80. The van der Waals surface area contributed by atoms with E-state index < -0.39 is 8.25 Å². The highest BCUT2D eigenvalue weighted by Crippen LogP contribution is 2.22. The second kappa shape index (κ2) is 7.74. The Bertz CT molecular complexity index is 217. The molecule has 0 heterocycles. The van der Waals surface area contributed by atoms with E-state index in [9.17, 15) is 4.57 Å². The van der Waals surface area contributed by atoms with Crippen LogP contribution in [-0.4, -0.2) is 13.5 Å². The van der Waals surface area contributed by atoms with Crippen molar-refractivity contribution in [2.24, 2.45) is 10.2 Å². The molecule has 0 aliphatic heterocycles. The van der Waals surface area contributed by atoms with Crippen LogP contribution in [-0.2, 0) is 13.6 Å². The van der Waals surface area contributed by atoms with Crippen molar-refractivity contribution >= 4 is 8.25 Å². The minimum Gasteiger partial charge on any atom is -0.113 e. The Morgan fingerprint density at radius 3 is 1.92 bits per heavy atom. The molecule has 9 nitrogen and oxygen atoms in total. The molecule has 64 valence electrons. The molecule has 0 unspecified atom stereocenters. The van der Waals surface area contributed by atoms with Gasteiger partial charge in [0.2, 0.25) is 0 Å². The van der Waals surface area contributed by atoms with E-state index in [1.165, 1.54) is 0 Å². The summed E-state index contributed by atoms with van der Waals surface area (Å²) in [6, 6.07) is 0. The van der Waals surface area contributed by atoms with Gasteiger partial charge in [-0.1, -0.05) is 10.2 Å². The van der Waals surface area contributed by atoms with Gasteiger partial charge in [0, 0.05) is 14.4 Å². The molecule has 0 aromatic carbocycles. The quantitative estimate of drug-likeness (QED) is 0.275. The summed E-state index contributed by atoms with van der Waals surface area (Å²) in [5, 5.41) is 5.86. The molecule has 10 heteroatoms. The molecule has 0 amide bonds. The summed E-state index contributed by atoms with van der Waals surface area (Å²) in [5.41, 5.74) is 15.5. The Morgan fingerprint density at radius 2 is 1.58 bits per heavy atom. The van der Waals surface area contributed by atoms with Crippen molar-refractivity contribution in [1.82, 2.24) is 0 Å². The Labute approximate surface area is 67.5 Å². The molecule has 0 saturated carbocycles. The van der Waals surface area contributed by atoms with E-state index in [0.29, 0.717) is 0 Å². The molecule has 12 heavy (non-hydrogen) atoms. The third-order valence-corrected chi connectivity index (χ3v) is 1.22. The molecule has 0 bridgehead atoms. The maximum atomic E-state index is 10.5. The molecular formula is C2H4N6O3P+. The summed E-state index contributed by atoms with van der Waals surface area (Å²) in [4.78, 5) is 4.68. The van der Waals surface area contributed by atoms with Gasteiger partial charge in [0.1, 0.15) is 0 Å². The van der Waals surface area contributed by atoms with Crippen molar-refractivity contribution in [2.75, 3.05) is 13.5 Å². The molecule has 0 aromatic rings. The molecule has 0 aliphatic rings. The van der Waals surface area contributed by atoms with E-state index in [1.54, 1.807) is 0 Å². The van der Waals surface area contributed by atoms with Crippen molar-refractivity contribution in [2.45, 2.75) is 0 Å². The Hall–Kier alpha value is -1.36. The minimum atomic E-state index is -2.38. The van der Waals surface area contributed by atoms with Gasteiger partial charge in [-0.15, -0.1) is 9.05 Å². The van der Waals surface area contributed by atoms with Crippen LogP contribution >= 0.6 is 8.25 Å². The predicted molar refractivity (Wildman–Crippen MR) is 37.8 cm³/mol. The maximum Gasteiger partial charge on any atom is 0.697 e. The fourth-order valence-corrected chi connectivity index (χ4v) is 0.601.